The van der Waals surface area contributed by atoms with Crippen molar-refractivity contribution in [2.24, 2.45) is 0 Å². The van der Waals surface area contributed by atoms with Crippen molar-refractivity contribution in [1.82, 2.24) is 4.98 Å². The largest absolute Gasteiger partial charge is 0.479 e. The molecule has 2 heterocycles. The van der Waals surface area contributed by atoms with Crippen LogP contribution in [0.2, 0.25) is 0 Å². The predicted octanol–water partition coefficient (Wildman–Crippen LogP) is 5.08. The summed E-state index contributed by atoms with van der Waals surface area (Å²) >= 11 is 5.18. The molecule has 0 saturated carbocycles. The lowest BCUT2D eigenvalue weighted by atomic mass is 10.2. The summed E-state index contributed by atoms with van der Waals surface area (Å²) in [7, 11) is 0. The van der Waals surface area contributed by atoms with Crippen LogP contribution in [-0.2, 0) is 11.9 Å². The maximum Gasteiger partial charge on any atom is 0.175 e. The van der Waals surface area contributed by atoms with Crippen LogP contribution in [0.4, 0.5) is 0 Å². The van der Waals surface area contributed by atoms with Gasteiger partial charge in [0.1, 0.15) is 6.61 Å². The normalized spacial score (nSPS) is 10.9. The molecule has 102 valence electrons. The smallest absolute Gasteiger partial charge is 0.175 e. The predicted molar refractivity (Wildman–Crippen MR) is 87.8 cm³/mol. The Balaban J connectivity index is 1.88. The summed E-state index contributed by atoms with van der Waals surface area (Å²) in [4.78, 5) is 4.43. The third-order valence-corrected chi connectivity index (χ3v) is 4.93. The third-order valence-electron chi connectivity index (χ3n) is 3.17. The first kappa shape index (κ1) is 13.6. The van der Waals surface area contributed by atoms with E-state index in [4.69, 9.17) is 4.74 Å². The minimum absolute atomic E-state index is 0.601. The quantitative estimate of drug-likeness (QED) is 0.614. The van der Waals surface area contributed by atoms with Crippen molar-refractivity contribution < 1.29 is 4.74 Å². The van der Waals surface area contributed by atoms with Crippen molar-refractivity contribution in [3.05, 3.63) is 59.4 Å². The number of aromatic nitrogens is 1. The summed E-state index contributed by atoms with van der Waals surface area (Å²) in [5.41, 5.74) is 3.45. The van der Waals surface area contributed by atoms with Crippen molar-refractivity contribution in [2.45, 2.75) is 18.9 Å². The number of pyridine rings is 1. The number of aryl methyl sites for hydroxylation is 1. The number of rotatable bonds is 4. The molecule has 2 nitrogen and oxygen atoms in total. The molecule has 0 N–H and O–H groups in total. The molecule has 0 saturated heterocycles. The van der Waals surface area contributed by atoms with E-state index in [1.807, 2.05) is 31.3 Å². The Morgan fingerprint density at radius 2 is 2.05 bits per heavy atom. The molecule has 0 unspecified atom stereocenters. The molecule has 3 rings (SSSR count). The zero-order valence-corrected chi connectivity index (χ0v) is 13.5. The van der Waals surface area contributed by atoms with Crippen LogP contribution in [-0.4, -0.2) is 4.98 Å². The van der Waals surface area contributed by atoms with E-state index in [1.54, 1.807) is 11.3 Å². The number of halogens is 1. The number of hydrogen-bond acceptors (Lipinski definition) is 3. The summed E-state index contributed by atoms with van der Waals surface area (Å²) in [6, 6.07) is 12.3. The SMILES string of the molecule is Cc1ncc(CBr)c2cc(OCc3ccccc3)sc12. The van der Waals surface area contributed by atoms with Gasteiger partial charge in [-0.2, -0.15) is 0 Å². The van der Waals surface area contributed by atoms with Gasteiger partial charge in [-0.15, -0.1) is 0 Å². The van der Waals surface area contributed by atoms with Crippen LogP contribution in [0.5, 0.6) is 5.06 Å². The van der Waals surface area contributed by atoms with Gasteiger partial charge >= 0.3 is 0 Å². The van der Waals surface area contributed by atoms with E-state index in [0.717, 1.165) is 16.1 Å². The molecule has 3 aromatic rings. The molecule has 20 heavy (non-hydrogen) atoms. The van der Waals surface area contributed by atoms with Gasteiger partial charge in [0.05, 0.1) is 10.4 Å². The van der Waals surface area contributed by atoms with Gasteiger partial charge in [-0.05, 0) is 18.1 Å². The van der Waals surface area contributed by atoms with Gasteiger partial charge in [-0.1, -0.05) is 57.6 Å². The summed E-state index contributed by atoms with van der Waals surface area (Å²) in [6.07, 6.45) is 1.93. The highest BCUT2D eigenvalue weighted by atomic mass is 79.9. The first-order valence-corrected chi connectivity index (χ1v) is 8.32. The molecule has 0 amide bonds. The summed E-state index contributed by atoms with van der Waals surface area (Å²) in [5, 5.41) is 3.00. The van der Waals surface area contributed by atoms with E-state index in [1.165, 1.54) is 21.2 Å². The highest BCUT2D eigenvalue weighted by Gasteiger charge is 2.10. The lowest BCUT2D eigenvalue weighted by Gasteiger charge is -2.02. The van der Waals surface area contributed by atoms with E-state index < -0.39 is 0 Å². The fourth-order valence-corrected chi connectivity index (χ4v) is 3.53. The zero-order chi connectivity index (χ0) is 13.9. The molecule has 0 spiro atoms. The Kier molecular flexibility index (Phi) is 4.03. The van der Waals surface area contributed by atoms with Crippen LogP contribution >= 0.6 is 27.3 Å². The van der Waals surface area contributed by atoms with Crippen molar-refractivity contribution in [3.8, 4) is 5.06 Å². The molecule has 0 aliphatic carbocycles. The number of hydrogen-bond donors (Lipinski definition) is 0. The topological polar surface area (TPSA) is 22.1 Å². The highest BCUT2D eigenvalue weighted by molar-refractivity contribution is 9.08. The number of alkyl halides is 1. The molecule has 0 aliphatic rings. The molecule has 4 heteroatoms. The minimum Gasteiger partial charge on any atom is -0.479 e. The second-order valence-electron chi connectivity index (χ2n) is 4.58. The van der Waals surface area contributed by atoms with Gasteiger partial charge in [0.2, 0.25) is 0 Å². The monoisotopic (exact) mass is 347 g/mol. The number of thiophene rings is 1. The van der Waals surface area contributed by atoms with Gasteiger partial charge < -0.3 is 4.74 Å². The van der Waals surface area contributed by atoms with Crippen molar-refractivity contribution in [2.75, 3.05) is 0 Å². The third kappa shape index (κ3) is 2.72. The van der Waals surface area contributed by atoms with Gasteiger partial charge in [0, 0.05) is 23.0 Å². The molecular weight excluding hydrogens is 334 g/mol. The Hall–Kier alpha value is -1.39. The molecular formula is C16H14BrNOS. The molecule has 0 atom stereocenters. The molecule has 0 bridgehead atoms. The fraction of sp³-hybridized carbons (Fsp3) is 0.188. The van der Waals surface area contributed by atoms with E-state index in [2.05, 4.69) is 39.1 Å². The molecule has 0 aliphatic heterocycles. The lowest BCUT2D eigenvalue weighted by molar-refractivity contribution is 0.316. The van der Waals surface area contributed by atoms with Crippen LogP contribution in [0.1, 0.15) is 16.8 Å². The average Bonchev–Trinajstić information content (AvgIpc) is 2.92. The van der Waals surface area contributed by atoms with Crippen molar-refractivity contribution in [3.63, 3.8) is 0 Å². The van der Waals surface area contributed by atoms with E-state index >= 15 is 0 Å². The second kappa shape index (κ2) is 5.94. The Morgan fingerprint density at radius 3 is 2.80 bits per heavy atom. The van der Waals surface area contributed by atoms with Crippen LogP contribution in [0.25, 0.3) is 10.1 Å². The van der Waals surface area contributed by atoms with Crippen LogP contribution < -0.4 is 4.74 Å². The Morgan fingerprint density at radius 1 is 1.25 bits per heavy atom. The first-order chi connectivity index (χ1) is 9.78. The maximum atomic E-state index is 5.91. The fourth-order valence-electron chi connectivity index (χ4n) is 2.08. The Bertz CT molecular complexity index is 724. The molecule has 1 aromatic carbocycles. The molecule has 0 radical (unpaired) electrons. The standard InChI is InChI=1S/C16H14BrNOS/c1-11-16-14(13(8-17)9-18-11)7-15(20-16)19-10-12-5-3-2-4-6-12/h2-7,9H,8,10H2,1H3. The van der Waals surface area contributed by atoms with Crippen LogP contribution in [0.3, 0.4) is 0 Å². The van der Waals surface area contributed by atoms with E-state index in [-0.39, 0.29) is 0 Å². The maximum absolute atomic E-state index is 5.91. The highest BCUT2D eigenvalue weighted by Crippen LogP contribution is 2.36. The van der Waals surface area contributed by atoms with Crippen molar-refractivity contribution in [1.29, 1.82) is 0 Å². The number of nitrogens with zero attached hydrogens (tertiary/aromatic N) is 1. The van der Waals surface area contributed by atoms with Gasteiger partial charge in [-0.25, -0.2) is 0 Å². The van der Waals surface area contributed by atoms with Crippen molar-refractivity contribution >= 4 is 37.4 Å². The summed E-state index contributed by atoms with van der Waals surface area (Å²) in [6.45, 7) is 2.64. The van der Waals surface area contributed by atoms with E-state index in [9.17, 15) is 0 Å². The van der Waals surface area contributed by atoms with Gasteiger partial charge in [0.25, 0.3) is 0 Å². The Labute approximate surface area is 130 Å². The minimum atomic E-state index is 0.601. The average molecular weight is 348 g/mol. The summed E-state index contributed by atoms with van der Waals surface area (Å²) in [5.74, 6) is 0. The number of fused-ring (bicyclic) bond motifs is 1. The second-order valence-corrected chi connectivity index (χ2v) is 6.16. The van der Waals surface area contributed by atoms with Crippen LogP contribution in [0, 0.1) is 6.92 Å². The molecule has 2 aromatic heterocycles. The number of ether oxygens (including phenoxy) is 1. The zero-order valence-electron chi connectivity index (χ0n) is 11.1. The first-order valence-electron chi connectivity index (χ1n) is 6.38. The van der Waals surface area contributed by atoms with Crippen LogP contribution in [0.15, 0.2) is 42.6 Å². The lowest BCUT2D eigenvalue weighted by Crippen LogP contribution is -1.92. The summed E-state index contributed by atoms with van der Waals surface area (Å²) < 4.78 is 7.12. The van der Waals surface area contributed by atoms with E-state index in [0.29, 0.717) is 6.61 Å². The molecule has 0 fully saturated rings. The number of benzene rings is 1. The van der Waals surface area contributed by atoms with Gasteiger partial charge in [0.15, 0.2) is 5.06 Å². The van der Waals surface area contributed by atoms with Gasteiger partial charge in [-0.3, -0.25) is 4.98 Å².